The smallest absolute Gasteiger partial charge is 0.141 e. The average molecular weight is 322 g/mol. The van der Waals surface area contributed by atoms with Crippen LogP contribution in [0, 0.1) is 0 Å². The Kier molecular flexibility index (Phi) is 3.07. The molecule has 0 spiro atoms. The van der Waals surface area contributed by atoms with E-state index in [1.54, 1.807) is 0 Å². The van der Waals surface area contributed by atoms with Crippen LogP contribution in [0.2, 0.25) is 0 Å². The number of fused-ring (bicyclic) bond motifs is 2. The van der Waals surface area contributed by atoms with E-state index in [1.165, 1.54) is 0 Å². The molecule has 0 atom stereocenters. The molecule has 0 fully saturated rings. The number of hydrogen-bond acceptors (Lipinski definition) is 3. The Labute approximate surface area is 144 Å². The molecule has 118 valence electrons. The van der Waals surface area contributed by atoms with E-state index in [9.17, 15) is 0 Å². The van der Waals surface area contributed by atoms with Crippen molar-refractivity contribution in [3.8, 4) is 22.6 Å². The largest absolute Gasteiger partial charge is 0.338 e. The molecule has 5 rings (SSSR count). The molecule has 0 aliphatic carbocycles. The highest BCUT2D eigenvalue weighted by Gasteiger charge is 2.17. The van der Waals surface area contributed by atoms with Crippen LogP contribution in [0.1, 0.15) is 0 Å². The normalized spacial score (nSPS) is 11.2. The van der Waals surface area contributed by atoms with Gasteiger partial charge in [0.25, 0.3) is 0 Å². The summed E-state index contributed by atoms with van der Waals surface area (Å²) in [4.78, 5) is 8.23. The molecular weight excluding hydrogens is 308 g/mol. The summed E-state index contributed by atoms with van der Waals surface area (Å²) in [7, 11) is 0. The van der Waals surface area contributed by atoms with Gasteiger partial charge in [-0.15, -0.1) is 10.2 Å². The summed E-state index contributed by atoms with van der Waals surface area (Å²) in [5, 5.41) is 9.96. The molecule has 0 radical (unpaired) electrons. The van der Waals surface area contributed by atoms with Gasteiger partial charge < -0.3 is 4.98 Å². The Morgan fingerprint density at radius 1 is 0.640 bits per heavy atom. The van der Waals surface area contributed by atoms with Gasteiger partial charge in [-0.25, -0.2) is 4.98 Å². The third-order valence-electron chi connectivity index (χ3n) is 4.34. The molecule has 0 saturated heterocycles. The van der Waals surface area contributed by atoms with Crippen LogP contribution >= 0.6 is 0 Å². The van der Waals surface area contributed by atoms with Gasteiger partial charge in [-0.3, -0.25) is 0 Å². The van der Waals surface area contributed by atoms with Gasteiger partial charge in [0, 0.05) is 10.9 Å². The highest BCUT2D eigenvalue weighted by molar-refractivity contribution is 6.00. The molecule has 0 aliphatic heterocycles. The van der Waals surface area contributed by atoms with E-state index in [-0.39, 0.29) is 0 Å². The van der Waals surface area contributed by atoms with E-state index in [0.29, 0.717) is 0 Å². The molecule has 0 amide bonds. The molecule has 0 unspecified atom stereocenters. The Morgan fingerprint density at radius 2 is 1.36 bits per heavy atom. The van der Waals surface area contributed by atoms with Crippen molar-refractivity contribution < 1.29 is 0 Å². The van der Waals surface area contributed by atoms with Gasteiger partial charge in [0.05, 0.1) is 22.1 Å². The van der Waals surface area contributed by atoms with Gasteiger partial charge >= 0.3 is 0 Å². The third-order valence-corrected chi connectivity index (χ3v) is 4.34. The van der Waals surface area contributed by atoms with Crippen molar-refractivity contribution in [3.63, 3.8) is 0 Å². The second kappa shape index (κ2) is 5.53. The first-order valence-corrected chi connectivity index (χ1v) is 8.16. The lowest BCUT2D eigenvalue weighted by molar-refractivity contribution is 1.08. The summed E-state index contributed by atoms with van der Waals surface area (Å²) < 4.78 is 0. The second-order valence-electron chi connectivity index (χ2n) is 5.91. The Bertz CT molecular complexity index is 1160. The number of rotatable bonds is 2. The van der Waals surface area contributed by atoms with Gasteiger partial charge in [0.2, 0.25) is 0 Å². The quantitative estimate of drug-likeness (QED) is 0.506. The molecule has 1 N–H and O–H groups in total. The minimum Gasteiger partial charge on any atom is -0.338 e. The lowest BCUT2D eigenvalue weighted by Gasteiger charge is -2.09. The monoisotopic (exact) mass is 322 g/mol. The molecule has 4 nitrogen and oxygen atoms in total. The number of hydrogen-bond donors (Lipinski definition) is 1. The fourth-order valence-corrected chi connectivity index (χ4v) is 3.16. The fourth-order valence-electron chi connectivity index (χ4n) is 3.16. The highest BCUT2D eigenvalue weighted by Crippen LogP contribution is 2.34. The maximum absolute atomic E-state index is 4.80. The SMILES string of the molecule is c1ccc(-c2nnc3ccccc3c2-c2nc3ccccc3[nH]2)cc1. The lowest BCUT2D eigenvalue weighted by atomic mass is 10.0. The minimum atomic E-state index is 0.811. The average Bonchev–Trinajstić information content (AvgIpc) is 3.11. The first-order valence-electron chi connectivity index (χ1n) is 8.16. The van der Waals surface area contributed by atoms with Gasteiger partial charge in [0.15, 0.2) is 0 Å². The van der Waals surface area contributed by atoms with E-state index in [4.69, 9.17) is 4.98 Å². The second-order valence-corrected chi connectivity index (χ2v) is 5.91. The highest BCUT2D eigenvalue weighted by atomic mass is 15.1. The summed E-state index contributed by atoms with van der Waals surface area (Å²) in [5.41, 5.74) is 5.65. The number of aromatic nitrogens is 4. The first kappa shape index (κ1) is 13.9. The summed E-state index contributed by atoms with van der Waals surface area (Å²) in [5.74, 6) is 0.811. The third kappa shape index (κ3) is 2.27. The molecular formula is C21H14N4. The Morgan fingerprint density at radius 3 is 2.20 bits per heavy atom. The van der Waals surface area contributed by atoms with E-state index < -0.39 is 0 Å². The maximum atomic E-state index is 4.80. The number of nitrogens with zero attached hydrogens (tertiary/aromatic N) is 3. The minimum absolute atomic E-state index is 0.811. The van der Waals surface area contributed by atoms with Crippen molar-refractivity contribution in [2.45, 2.75) is 0 Å². The standard InChI is InChI=1S/C21H14N4/c1-2-8-14(9-3-1)20-19(15-10-4-5-11-16(15)24-25-20)21-22-17-12-6-7-13-18(17)23-21/h1-13H,(H,22,23). The van der Waals surface area contributed by atoms with Gasteiger partial charge in [-0.05, 0) is 18.2 Å². The number of H-pyrrole nitrogens is 1. The van der Waals surface area contributed by atoms with Gasteiger partial charge in [-0.1, -0.05) is 60.7 Å². The lowest BCUT2D eigenvalue weighted by Crippen LogP contribution is -1.96. The number of imidazole rings is 1. The van der Waals surface area contributed by atoms with Crippen molar-refractivity contribution in [2.24, 2.45) is 0 Å². The van der Waals surface area contributed by atoms with Crippen LogP contribution in [-0.2, 0) is 0 Å². The number of benzene rings is 3. The molecule has 4 heteroatoms. The number of nitrogens with one attached hydrogen (secondary N) is 1. The van der Waals surface area contributed by atoms with Crippen molar-refractivity contribution in [3.05, 3.63) is 78.9 Å². The Balaban J connectivity index is 1.88. The fraction of sp³-hybridized carbons (Fsp3) is 0. The van der Waals surface area contributed by atoms with Crippen molar-refractivity contribution in [1.29, 1.82) is 0 Å². The number of aromatic amines is 1. The molecule has 25 heavy (non-hydrogen) atoms. The molecule has 5 aromatic rings. The zero-order chi connectivity index (χ0) is 16.6. The van der Waals surface area contributed by atoms with Crippen molar-refractivity contribution in [1.82, 2.24) is 20.2 Å². The molecule has 3 aromatic carbocycles. The van der Waals surface area contributed by atoms with E-state index in [2.05, 4.69) is 21.2 Å². The molecule has 0 saturated carbocycles. The molecule has 2 aromatic heterocycles. The predicted molar refractivity (Wildman–Crippen MR) is 100 cm³/mol. The zero-order valence-electron chi connectivity index (χ0n) is 13.3. The molecule has 2 heterocycles. The van der Waals surface area contributed by atoms with Crippen LogP contribution in [0.3, 0.4) is 0 Å². The van der Waals surface area contributed by atoms with E-state index in [1.807, 2.05) is 72.8 Å². The van der Waals surface area contributed by atoms with E-state index in [0.717, 1.165) is 44.6 Å². The Hall–Kier alpha value is -3.53. The van der Waals surface area contributed by atoms with Crippen molar-refractivity contribution in [2.75, 3.05) is 0 Å². The van der Waals surface area contributed by atoms with Crippen LogP contribution in [0.25, 0.3) is 44.6 Å². The zero-order valence-corrected chi connectivity index (χ0v) is 13.3. The molecule has 0 bridgehead atoms. The maximum Gasteiger partial charge on any atom is 0.141 e. The summed E-state index contributed by atoms with van der Waals surface area (Å²) in [6.07, 6.45) is 0. The van der Waals surface area contributed by atoms with Crippen LogP contribution in [0.4, 0.5) is 0 Å². The van der Waals surface area contributed by atoms with Gasteiger partial charge in [0.1, 0.15) is 11.5 Å². The van der Waals surface area contributed by atoms with Crippen LogP contribution in [-0.4, -0.2) is 20.2 Å². The summed E-state index contributed by atoms with van der Waals surface area (Å²) >= 11 is 0. The van der Waals surface area contributed by atoms with E-state index >= 15 is 0 Å². The van der Waals surface area contributed by atoms with Crippen LogP contribution in [0.5, 0.6) is 0 Å². The first-order chi connectivity index (χ1) is 12.4. The predicted octanol–water partition coefficient (Wildman–Crippen LogP) is 4.84. The van der Waals surface area contributed by atoms with Gasteiger partial charge in [-0.2, -0.15) is 0 Å². The van der Waals surface area contributed by atoms with Crippen LogP contribution < -0.4 is 0 Å². The van der Waals surface area contributed by atoms with Crippen molar-refractivity contribution >= 4 is 21.9 Å². The summed E-state index contributed by atoms with van der Waals surface area (Å²) in [6, 6.07) is 26.2. The topological polar surface area (TPSA) is 54.5 Å². The number of para-hydroxylation sites is 2. The molecule has 0 aliphatic rings. The summed E-state index contributed by atoms with van der Waals surface area (Å²) in [6.45, 7) is 0. The van der Waals surface area contributed by atoms with Crippen LogP contribution in [0.15, 0.2) is 78.9 Å².